The smallest absolute Gasteiger partial charge is 0.239 e. The van der Waals surface area contributed by atoms with Crippen molar-refractivity contribution in [1.29, 1.82) is 0 Å². The molecule has 0 unspecified atom stereocenters. The molecule has 0 saturated heterocycles. The summed E-state index contributed by atoms with van der Waals surface area (Å²) in [4.78, 5) is 8.43. The van der Waals surface area contributed by atoms with Crippen LogP contribution in [0.15, 0.2) is 29.0 Å². The molecule has 1 aromatic carbocycles. The number of hydrogen-bond donors (Lipinski definition) is 1. The van der Waals surface area contributed by atoms with E-state index < -0.39 is 0 Å². The molecule has 1 N–H and O–H groups in total. The van der Waals surface area contributed by atoms with E-state index in [9.17, 15) is 0 Å². The zero-order valence-electron chi connectivity index (χ0n) is 11.2. The summed E-state index contributed by atoms with van der Waals surface area (Å²) in [5.41, 5.74) is 2.26. The summed E-state index contributed by atoms with van der Waals surface area (Å²) in [6.45, 7) is 6.88. The third kappa shape index (κ3) is 3.44. The normalized spacial score (nSPS) is 10.3. The van der Waals surface area contributed by atoms with E-state index in [4.69, 9.17) is 4.74 Å². The van der Waals surface area contributed by atoms with Crippen LogP contribution in [0.25, 0.3) is 0 Å². The van der Waals surface area contributed by atoms with Gasteiger partial charge in [0, 0.05) is 11.0 Å². The Bertz CT molecular complexity index is 564. The van der Waals surface area contributed by atoms with Gasteiger partial charge >= 0.3 is 0 Å². The van der Waals surface area contributed by atoms with Crippen LogP contribution in [-0.4, -0.2) is 16.5 Å². The molecular formula is C14H16BrN3O. The van der Waals surface area contributed by atoms with Crippen LogP contribution in [0.5, 0.6) is 11.6 Å². The highest BCUT2D eigenvalue weighted by atomic mass is 79.9. The van der Waals surface area contributed by atoms with Crippen LogP contribution in [0.2, 0.25) is 0 Å². The molecule has 0 fully saturated rings. The molecule has 2 aromatic rings. The fourth-order valence-corrected chi connectivity index (χ4v) is 1.98. The first kappa shape index (κ1) is 13.8. The van der Waals surface area contributed by atoms with Gasteiger partial charge in [0.25, 0.3) is 0 Å². The van der Waals surface area contributed by atoms with Gasteiger partial charge in [0.15, 0.2) is 0 Å². The zero-order chi connectivity index (χ0) is 13.8. The lowest BCUT2D eigenvalue weighted by molar-refractivity contribution is 0.460. The molecular weight excluding hydrogens is 306 g/mol. The molecule has 19 heavy (non-hydrogen) atoms. The fraction of sp³-hybridized carbons (Fsp3) is 0.286. The Morgan fingerprint density at radius 1 is 1.21 bits per heavy atom. The predicted octanol–water partition coefficient (Wildman–Crippen LogP) is 4.08. The van der Waals surface area contributed by atoms with Crippen molar-refractivity contribution in [3.63, 3.8) is 0 Å². The van der Waals surface area contributed by atoms with E-state index in [1.165, 1.54) is 0 Å². The van der Waals surface area contributed by atoms with Crippen LogP contribution in [0, 0.1) is 13.8 Å². The third-order valence-electron chi connectivity index (χ3n) is 2.60. The molecule has 0 aliphatic carbocycles. The highest BCUT2D eigenvalue weighted by molar-refractivity contribution is 9.10. The number of benzene rings is 1. The van der Waals surface area contributed by atoms with Gasteiger partial charge in [0.2, 0.25) is 5.88 Å². The van der Waals surface area contributed by atoms with Gasteiger partial charge in [-0.05, 0) is 44.0 Å². The molecule has 4 nitrogen and oxygen atoms in total. The van der Waals surface area contributed by atoms with Gasteiger partial charge in [-0.15, -0.1) is 0 Å². The Morgan fingerprint density at radius 3 is 2.53 bits per heavy atom. The van der Waals surface area contributed by atoms with Crippen molar-refractivity contribution in [2.75, 3.05) is 11.9 Å². The van der Waals surface area contributed by atoms with Crippen LogP contribution in [-0.2, 0) is 0 Å². The van der Waals surface area contributed by atoms with E-state index in [0.29, 0.717) is 11.7 Å². The first-order valence-corrected chi connectivity index (χ1v) is 6.90. The number of halogens is 1. The van der Waals surface area contributed by atoms with Crippen LogP contribution in [0.3, 0.4) is 0 Å². The fourth-order valence-electron chi connectivity index (χ4n) is 1.75. The maximum Gasteiger partial charge on any atom is 0.239 e. The molecule has 5 heteroatoms. The first-order chi connectivity index (χ1) is 9.10. The second-order valence-corrected chi connectivity index (χ2v) is 5.04. The highest BCUT2D eigenvalue weighted by Gasteiger charge is 2.06. The molecule has 2 rings (SSSR count). The number of aromatic nitrogens is 2. The predicted molar refractivity (Wildman–Crippen MR) is 79.9 cm³/mol. The molecule has 0 bridgehead atoms. The summed E-state index contributed by atoms with van der Waals surface area (Å²) in [7, 11) is 0. The van der Waals surface area contributed by atoms with Gasteiger partial charge in [-0.3, -0.25) is 4.98 Å². The van der Waals surface area contributed by atoms with Gasteiger partial charge in [-0.25, -0.2) is 0 Å². The summed E-state index contributed by atoms with van der Waals surface area (Å²) in [5, 5.41) is 3.10. The molecule has 0 amide bonds. The van der Waals surface area contributed by atoms with Gasteiger partial charge in [0.05, 0.1) is 12.4 Å². The summed E-state index contributed by atoms with van der Waals surface area (Å²) >= 11 is 3.54. The summed E-state index contributed by atoms with van der Waals surface area (Å²) in [6.07, 6.45) is 3.28. The van der Waals surface area contributed by atoms with Crippen molar-refractivity contribution in [3.8, 4) is 11.6 Å². The second-order valence-electron chi connectivity index (χ2n) is 4.25. The van der Waals surface area contributed by atoms with E-state index in [2.05, 4.69) is 31.2 Å². The lowest BCUT2D eigenvalue weighted by Gasteiger charge is -2.10. The topological polar surface area (TPSA) is 47.0 Å². The Labute approximate surface area is 121 Å². The van der Waals surface area contributed by atoms with Crippen molar-refractivity contribution < 1.29 is 4.74 Å². The first-order valence-electron chi connectivity index (χ1n) is 6.10. The Balaban J connectivity index is 2.23. The Kier molecular flexibility index (Phi) is 4.37. The van der Waals surface area contributed by atoms with E-state index in [-0.39, 0.29) is 0 Å². The average Bonchev–Trinajstić information content (AvgIpc) is 2.37. The minimum atomic E-state index is 0.486. The largest absolute Gasteiger partial charge is 0.437 e. The molecule has 0 atom stereocenters. The number of aryl methyl sites for hydroxylation is 2. The third-order valence-corrected chi connectivity index (χ3v) is 3.85. The minimum absolute atomic E-state index is 0.486. The number of ether oxygens (including phenoxy) is 1. The number of anilines is 1. The van der Waals surface area contributed by atoms with Crippen LogP contribution < -0.4 is 10.1 Å². The molecule has 0 radical (unpaired) electrons. The Morgan fingerprint density at radius 2 is 1.89 bits per heavy atom. The summed E-state index contributed by atoms with van der Waals surface area (Å²) in [5.74, 6) is 1.96. The maximum atomic E-state index is 5.75. The molecule has 1 aromatic heterocycles. The van der Waals surface area contributed by atoms with Crippen molar-refractivity contribution in [3.05, 3.63) is 40.1 Å². The average molecular weight is 322 g/mol. The zero-order valence-corrected chi connectivity index (χ0v) is 12.8. The standard InChI is InChI=1S/C14H16BrN3O/c1-4-17-12-7-16-8-13(18-12)19-11-5-9(2)14(15)10(3)6-11/h5-8H,4H2,1-3H3,(H,17,18). The summed E-state index contributed by atoms with van der Waals surface area (Å²) < 4.78 is 6.85. The van der Waals surface area contributed by atoms with Crippen molar-refractivity contribution >= 4 is 21.7 Å². The number of nitrogens with zero attached hydrogens (tertiary/aromatic N) is 2. The molecule has 0 aliphatic heterocycles. The number of nitrogens with one attached hydrogen (secondary N) is 1. The monoisotopic (exact) mass is 321 g/mol. The van der Waals surface area contributed by atoms with Crippen molar-refractivity contribution in [2.45, 2.75) is 20.8 Å². The summed E-state index contributed by atoms with van der Waals surface area (Å²) in [6, 6.07) is 3.94. The minimum Gasteiger partial charge on any atom is -0.437 e. The highest BCUT2D eigenvalue weighted by Crippen LogP contribution is 2.28. The quantitative estimate of drug-likeness (QED) is 0.921. The Hall–Kier alpha value is -1.62. The SMILES string of the molecule is CCNc1cncc(Oc2cc(C)c(Br)c(C)c2)n1. The van der Waals surface area contributed by atoms with Gasteiger partial charge in [0.1, 0.15) is 11.6 Å². The maximum absolute atomic E-state index is 5.75. The van der Waals surface area contributed by atoms with Gasteiger partial charge in [-0.2, -0.15) is 4.98 Å². The number of hydrogen-bond acceptors (Lipinski definition) is 4. The van der Waals surface area contributed by atoms with E-state index in [1.807, 2.05) is 32.9 Å². The lowest BCUT2D eigenvalue weighted by Crippen LogP contribution is -2.00. The van der Waals surface area contributed by atoms with Crippen LogP contribution in [0.1, 0.15) is 18.1 Å². The van der Waals surface area contributed by atoms with Gasteiger partial charge in [-0.1, -0.05) is 15.9 Å². The van der Waals surface area contributed by atoms with Crippen LogP contribution >= 0.6 is 15.9 Å². The van der Waals surface area contributed by atoms with E-state index in [1.54, 1.807) is 12.4 Å². The molecule has 0 saturated carbocycles. The number of rotatable bonds is 4. The van der Waals surface area contributed by atoms with E-state index in [0.717, 1.165) is 27.9 Å². The second kappa shape index (κ2) is 6.02. The van der Waals surface area contributed by atoms with E-state index >= 15 is 0 Å². The van der Waals surface area contributed by atoms with Crippen LogP contribution in [0.4, 0.5) is 5.82 Å². The molecule has 0 aliphatic rings. The molecule has 1 heterocycles. The molecule has 0 spiro atoms. The van der Waals surface area contributed by atoms with Gasteiger partial charge < -0.3 is 10.1 Å². The lowest BCUT2D eigenvalue weighted by atomic mass is 10.1. The van der Waals surface area contributed by atoms with Crippen molar-refractivity contribution in [2.24, 2.45) is 0 Å². The van der Waals surface area contributed by atoms with Crippen molar-refractivity contribution in [1.82, 2.24) is 9.97 Å². The molecule has 100 valence electrons.